The summed E-state index contributed by atoms with van der Waals surface area (Å²) in [6.45, 7) is 2.13. The van der Waals surface area contributed by atoms with E-state index >= 15 is 0 Å². The van der Waals surface area contributed by atoms with Crippen LogP contribution >= 0.6 is 9.69 Å². The monoisotopic (exact) mass is 403 g/mol. The number of hydrogen-bond acceptors (Lipinski definition) is 5. The molecule has 2 aromatic carbocycles. The van der Waals surface area contributed by atoms with Crippen molar-refractivity contribution in [3.05, 3.63) is 66.5 Å². The molecule has 3 rings (SSSR count). The normalized spacial score (nSPS) is 9.76. The third-order valence-corrected chi connectivity index (χ3v) is 3.21. The summed E-state index contributed by atoms with van der Waals surface area (Å²) in [5.74, 6) is 0.727. The summed E-state index contributed by atoms with van der Waals surface area (Å²) in [5, 5.41) is 0. The Morgan fingerprint density at radius 2 is 1.56 bits per heavy atom. The van der Waals surface area contributed by atoms with Gasteiger partial charge in [-0.1, -0.05) is 42.5 Å². The average Bonchev–Trinajstić information content (AvgIpc) is 2.71. The summed E-state index contributed by atoms with van der Waals surface area (Å²) in [6.07, 6.45) is 2.63. The van der Waals surface area contributed by atoms with Crippen molar-refractivity contribution in [1.29, 1.82) is 0 Å². The topological polar surface area (TPSA) is 65.0 Å². The number of carbonyl (C=O) groups excluding carboxylic acids is 1. The van der Waals surface area contributed by atoms with Gasteiger partial charge in [-0.3, -0.25) is 0 Å². The first-order chi connectivity index (χ1) is 12.3. The Bertz CT molecular complexity index is 814. The maximum atomic E-state index is 11.7. The fourth-order valence-corrected chi connectivity index (χ4v) is 2.09. The van der Waals surface area contributed by atoms with Gasteiger partial charge in [-0.05, 0) is 30.2 Å². The van der Waals surface area contributed by atoms with Crippen molar-refractivity contribution in [1.82, 2.24) is 15.0 Å². The van der Waals surface area contributed by atoms with Gasteiger partial charge in [0.25, 0.3) is 0 Å². The number of hydrogen-bond donors (Lipinski definition) is 0. The first-order valence-electron chi connectivity index (χ1n) is 7.49. The summed E-state index contributed by atoms with van der Waals surface area (Å²) in [6, 6.07) is 16.6. The van der Waals surface area contributed by atoms with Crippen molar-refractivity contribution in [3.8, 4) is 22.8 Å². The van der Waals surface area contributed by atoms with Crippen molar-refractivity contribution in [3.63, 3.8) is 0 Å². The van der Waals surface area contributed by atoms with Gasteiger partial charge in [-0.15, -0.1) is 0 Å². The van der Waals surface area contributed by atoms with E-state index in [1.54, 1.807) is 31.2 Å². The van der Waals surface area contributed by atoms with E-state index in [0.29, 0.717) is 23.8 Å². The molecule has 25 heavy (non-hydrogen) atoms. The Morgan fingerprint density at radius 1 is 1.00 bits per heavy atom. The van der Waals surface area contributed by atoms with Crippen LogP contribution in [0.15, 0.2) is 54.6 Å². The molecule has 0 saturated carbocycles. The van der Waals surface area contributed by atoms with Crippen LogP contribution in [0.1, 0.15) is 17.3 Å². The van der Waals surface area contributed by atoms with Crippen LogP contribution in [0.4, 0.5) is 0 Å². The zero-order valence-corrected chi connectivity index (χ0v) is 17.4. The molecule has 0 saturated heterocycles. The SMILES string of the molecule is CCOC(=O)c1ccc(-c2n[c-]nc(-c3ccccc3)n2)cc1.[Cl][Zn+]. The first-order valence-corrected chi connectivity index (χ1v) is 11.4. The molecule has 122 valence electrons. The number of carbonyl (C=O) groups is 1. The molecule has 0 spiro atoms. The predicted octanol–water partition coefficient (Wildman–Crippen LogP) is 3.87. The van der Waals surface area contributed by atoms with Crippen molar-refractivity contribution in [2.45, 2.75) is 6.92 Å². The van der Waals surface area contributed by atoms with E-state index < -0.39 is 0 Å². The minimum atomic E-state index is -0.341. The Balaban J connectivity index is 0.00000109. The second-order valence-electron chi connectivity index (χ2n) is 4.75. The third kappa shape index (κ3) is 5.15. The summed E-state index contributed by atoms with van der Waals surface area (Å²) in [4.78, 5) is 24.3. The zero-order valence-electron chi connectivity index (χ0n) is 13.6. The molecule has 0 bridgehead atoms. The van der Waals surface area contributed by atoms with Crippen molar-refractivity contribution in [2.75, 3.05) is 6.61 Å². The van der Waals surface area contributed by atoms with Crippen molar-refractivity contribution < 1.29 is 26.8 Å². The molecule has 0 atom stereocenters. The predicted molar refractivity (Wildman–Crippen MR) is 91.3 cm³/mol. The van der Waals surface area contributed by atoms with Gasteiger partial charge in [-0.2, -0.15) is 0 Å². The van der Waals surface area contributed by atoms with Crippen LogP contribution in [0.2, 0.25) is 0 Å². The summed E-state index contributed by atoms with van der Waals surface area (Å²) < 4.78 is 4.96. The van der Waals surface area contributed by atoms with Gasteiger partial charge in [0.2, 0.25) is 0 Å². The second kappa shape index (κ2) is 9.97. The van der Waals surface area contributed by atoms with Gasteiger partial charge < -0.3 is 19.7 Å². The summed E-state index contributed by atoms with van der Waals surface area (Å²) in [7, 11) is 4.76. The average molecular weight is 405 g/mol. The van der Waals surface area contributed by atoms with E-state index in [-0.39, 0.29) is 5.97 Å². The molecule has 0 unspecified atom stereocenters. The molecule has 3 aromatic rings. The van der Waals surface area contributed by atoms with Gasteiger partial charge in [0.1, 0.15) is 0 Å². The van der Waals surface area contributed by atoms with E-state index in [1.807, 2.05) is 30.3 Å². The Morgan fingerprint density at radius 3 is 2.12 bits per heavy atom. The fourth-order valence-electron chi connectivity index (χ4n) is 2.09. The number of ether oxygens (including phenoxy) is 1. The Hall–Kier alpha value is -2.17. The molecule has 0 aliphatic carbocycles. The van der Waals surface area contributed by atoms with Gasteiger partial charge >= 0.3 is 33.0 Å². The molecule has 7 heteroatoms. The molecule has 1 heterocycles. The molecule has 5 nitrogen and oxygen atoms in total. The van der Waals surface area contributed by atoms with Crippen LogP contribution in [0.25, 0.3) is 22.8 Å². The molecule has 1 aromatic heterocycles. The van der Waals surface area contributed by atoms with Crippen molar-refractivity contribution >= 4 is 15.7 Å². The number of rotatable bonds is 4. The molecule has 0 aliphatic heterocycles. The van der Waals surface area contributed by atoms with Gasteiger partial charge in [0.05, 0.1) is 12.2 Å². The van der Waals surface area contributed by atoms with Gasteiger partial charge in [0.15, 0.2) is 0 Å². The standard InChI is InChI=1S/C18H14N3O2.ClH.Zn/c1-2-23-18(22)15-10-8-14(9-11-15)17-20-12-19-16(21-17)13-6-4-3-5-7-13;;/h3-11H,2H2,1H3;1H;/q-1;;+2/p-1. The quantitative estimate of drug-likeness (QED) is 0.375. The molecule has 0 N–H and O–H groups in total. The van der Waals surface area contributed by atoms with Crippen LogP contribution in [0.3, 0.4) is 0 Å². The molecule has 0 radical (unpaired) electrons. The van der Waals surface area contributed by atoms with E-state index in [1.165, 1.54) is 0 Å². The van der Waals surface area contributed by atoms with E-state index in [0.717, 1.165) is 28.4 Å². The van der Waals surface area contributed by atoms with Crippen LogP contribution in [-0.2, 0) is 22.0 Å². The molecular weight excluding hydrogens is 391 g/mol. The van der Waals surface area contributed by atoms with Crippen LogP contribution in [0.5, 0.6) is 0 Å². The fraction of sp³-hybridized carbons (Fsp3) is 0.111. The third-order valence-electron chi connectivity index (χ3n) is 3.21. The van der Waals surface area contributed by atoms with E-state index in [9.17, 15) is 4.79 Å². The second-order valence-corrected chi connectivity index (χ2v) is 4.75. The summed E-state index contributed by atoms with van der Waals surface area (Å²) in [5.41, 5.74) is 2.18. The number of aromatic nitrogens is 3. The van der Waals surface area contributed by atoms with Crippen LogP contribution < -0.4 is 0 Å². The van der Waals surface area contributed by atoms with Gasteiger partial charge in [0, 0.05) is 18.0 Å². The van der Waals surface area contributed by atoms with Crippen LogP contribution in [0, 0.1) is 6.33 Å². The van der Waals surface area contributed by atoms with E-state index in [4.69, 9.17) is 14.4 Å². The Labute approximate surface area is 160 Å². The van der Waals surface area contributed by atoms with Crippen LogP contribution in [-0.4, -0.2) is 27.5 Å². The number of esters is 1. The maximum absolute atomic E-state index is 11.7. The van der Waals surface area contributed by atoms with Crippen molar-refractivity contribution in [2.24, 2.45) is 0 Å². The molecule has 0 amide bonds. The molecular formula is C18H14ClN3O2Zn. The van der Waals surface area contributed by atoms with Gasteiger partial charge in [-0.25, -0.2) is 4.79 Å². The molecule has 0 aliphatic rings. The first kappa shape index (κ1) is 19.2. The number of benzene rings is 2. The zero-order chi connectivity index (χ0) is 18.1. The van der Waals surface area contributed by atoms with E-state index in [2.05, 4.69) is 21.3 Å². The number of nitrogens with zero attached hydrogens (tertiary/aromatic N) is 3. The minimum absolute atomic E-state index is 0.341. The summed E-state index contributed by atoms with van der Waals surface area (Å²) >= 11 is 0.847. The Kier molecular flexibility index (Phi) is 7.64. The molecule has 0 fully saturated rings. The number of halogens is 1.